The van der Waals surface area contributed by atoms with Gasteiger partial charge in [0.2, 0.25) is 0 Å². The molecule has 1 aromatic rings. The van der Waals surface area contributed by atoms with Crippen LogP contribution in [0.4, 0.5) is 11.4 Å². The Hall–Kier alpha value is -1.60. The van der Waals surface area contributed by atoms with Crippen LogP contribution >= 0.6 is 0 Å². The average Bonchev–Trinajstić information content (AvgIpc) is 3.42. The van der Waals surface area contributed by atoms with Crippen molar-refractivity contribution in [3.05, 3.63) is 24.3 Å². The highest BCUT2D eigenvalue weighted by Gasteiger charge is 2.49. The van der Waals surface area contributed by atoms with Gasteiger partial charge in [0.05, 0.1) is 47.0 Å². The maximum atomic E-state index is 4.85. The van der Waals surface area contributed by atoms with Crippen LogP contribution in [0.25, 0.3) is 0 Å². The molecule has 0 heterocycles. The van der Waals surface area contributed by atoms with E-state index in [1.807, 2.05) is 7.05 Å². The predicted octanol–water partition coefficient (Wildman–Crippen LogP) is 1.24. The molecule has 1 N–H and O–H groups in total. The van der Waals surface area contributed by atoms with Crippen LogP contribution in [0.3, 0.4) is 0 Å². The fourth-order valence-electron chi connectivity index (χ4n) is 3.59. The molecule has 0 aromatic heterocycles. The largest absolute Gasteiger partial charge is 0.310 e. The summed E-state index contributed by atoms with van der Waals surface area (Å²) in [7, 11) is 14.6. The molecular formula is C19H30N6. The third-order valence-corrected chi connectivity index (χ3v) is 4.97. The van der Waals surface area contributed by atoms with Crippen molar-refractivity contribution >= 4 is 22.8 Å². The first kappa shape index (κ1) is 18.2. The second-order valence-corrected chi connectivity index (χ2v) is 7.58. The van der Waals surface area contributed by atoms with Crippen LogP contribution in [0, 0.1) is 0 Å². The molecule has 0 bridgehead atoms. The summed E-state index contributed by atoms with van der Waals surface area (Å²) in [6.07, 6.45) is 0. The van der Waals surface area contributed by atoms with Gasteiger partial charge in [0.1, 0.15) is 0 Å². The van der Waals surface area contributed by atoms with Crippen molar-refractivity contribution in [2.45, 2.75) is 24.2 Å². The molecule has 0 radical (unpaired) electrons. The summed E-state index contributed by atoms with van der Waals surface area (Å²) in [5.74, 6) is 0. The van der Waals surface area contributed by atoms with E-state index in [-0.39, 0.29) is 0 Å². The minimum absolute atomic E-state index is 0.364. The lowest BCUT2D eigenvalue weighted by Gasteiger charge is -2.10. The lowest BCUT2D eigenvalue weighted by molar-refractivity contribution is 0.315. The molecule has 0 aliphatic heterocycles. The van der Waals surface area contributed by atoms with E-state index in [9.17, 15) is 0 Å². The van der Waals surface area contributed by atoms with Gasteiger partial charge < -0.3 is 5.32 Å². The molecule has 0 amide bonds. The van der Waals surface area contributed by atoms with Gasteiger partial charge in [-0.25, -0.2) is 0 Å². The Balaban J connectivity index is 1.73. The molecule has 4 unspecified atom stereocenters. The van der Waals surface area contributed by atoms with E-state index in [4.69, 9.17) is 9.98 Å². The van der Waals surface area contributed by atoms with Gasteiger partial charge in [-0.1, -0.05) is 0 Å². The molecule has 25 heavy (non-hydrogen) atoms. The Morgan fingerprint density at radius 2 is 1.08 bits per heavy atom. The maximum Gasteiger partial charge on any atom is 0.0705 e. The Bertz CT molecular complexity index is 658. The second-order valence-electron chi connectivity index (χ2n) is 7.58. The van der Waals surface area contributed by atoms with Crippen LogP contribution in [0.2, 0.25) is 0 Å². The molecule has 1 aromatic carbocycles. The molecule has 0 saturated heterocycles. The van der Waals surface area contributed by atoms with Crippen LogP contribution in [0.15, 0.2) is 34.3 Å². The molecule has 2 saturated carbocycles. The molecule has 6 nitrogen and oxygen atoms in total. The zero-order valence-corrected chi connectivity index (χ0v) is 16.4. The van der Waals surface area contributed by atoms with Gasteiger partial charge in [0.25, 0.3) is 0 Å². The summed E-state index contributed by atoms with van der Waals surface area (Å²) in [4.78, 5) is 16.3. The van der Waals surface area contributed by atoms with E-state index >= 15 is 0 Å². The summed E-state index contributed by atoms with van der Waals surface area (Å²) < 4.78 is 0. The quantitative estimate of drug-likeness (QED) is 0.845. The molecule has 2 fully saturated rings. The number of nitrogens with zero attached hydrogens (tertiary/aromatic N) is 5. The summed E-state index contributed by atoms with van der Waals surface area (Å²) in [6.45, 7) is 0. The van der Waals surface area contributed by atoms with Gasteiger partial charge in [-0.2, -0.15) is 0 Å². The van der Waals surface area contributed by atoms with Gasteiger partial charge in [-0.3, -0.25) is 24.7 Å². The lowest BCUT2D eigenvalue weighted by Crippen LogP contribution is -2.25. The lowest BCUT2D eigenvalue weighted by atomic mass is 10.3. The van der Waals surface area contributed by atoms with Gasteiger partial charge in [-0.05, 0) is 73.6 Å². The minimum atomic E-state index is 0.364. The monoisotopic (exact) mass is 342 g/mol. The minimum Gasteiger partial charge on any atom is -0.310 e. The maximum absolute atomic E-state index is 4.85. The highest BCUT2D eigenvalue weighted by Crippen LogP contribution is 2.32. The highest BCUT2D eigenvalue weighted by atomic mass is 15.3. The van der Waals surface area contributed by atoms with Crippen molar-refractivity contribution in [2.24, 2.45) is 9.98 Å². The van der Waals surface area contributed by atoms with Crippen molar-refractivity contribution in [3.8, 4) is 0 Å². The molecule has 0 spiro atoms. The Labute approximate surface area is 151 Å². The number of nitrogens with one attached hydrogen (secondary N) is 1. The first-order chi connectivity index (χ1) is 11.8. The number of likely N-dealkylation sites (N-methyl/N-ethyl adjacent to an activating group) is 4. The molecule has 3 rings (SSSR count). The van der Waals surface area contributed by atoms with Crippen LogP contribution in [-0.4, -0.2) is 99.6 Å². The SMILES string of the molecule is CNC1C(=Nc2ccc(N=C3C(N(C)C)C3N(C)C)cc2)C1N(C)C. The van der Waals surface area contributed by atoms with Crippen LogP contribution in [0.1, 0.15) is 0 Å². The first-order valence-electron chi connectivity index (χ1n) is 8.78. The van der Waals surface area contributed by atoms with Gasteiger partial charge in [0, 0.05) is 0 Å². The van der Waals surface area contributed by atoms with Crippen LogP contribution in [-0.2, 0) is 0 Å². The smallest absolute Gasteiger partial charge is 0.0705 e. The van der Waals surface area contributed by atoms with Crippen LogP contribution < -0.4 is 5.32 Å². The zero-order valence-electron chi connectivity index (χ0n) is 16.4. The topological polar surface area (TPSA) is 46.5 Å². The zero-order chi connectivity index (χ0) is 18.3. The normalized spacial score (nSPS) is 29.8. The number of hydrogen-bond donors (Lipinski definition) is 1. The van der Waals surface area contributed by atoms with Crippen molar-refractivity contribution in [1.82, 2.24) is 20.0 Å². The third-order valence-electron chi connectivity index (χ3n) is 4.97. The number of rotatable bonds is 6. The highest BCUT2D eigenvalue weighted by molar-refractivity contribution is 6.13. The summed E-state index contributed by atoms with van der Waals surface area (Å²) in [6, 6.07) is 9.83. The number of hydrogen-bond acceptors (Lipinski definition) is 6. The van der Waals surface area contributed by atoms with E-state index in [1.165, 1.54) is 11.4 Å². The van der Waals surface area contributed by atoms with Gasteiger partial charge >= 0.3 is 0 Å². The van der Waals surface area contributed by atoms with Crippen molar-refractivity contribution in [3.63, 3.8) is 0 Å². The Morgan fingerprint density at radius 1 is 0.680 bits per heavy atom. The standard InChI is InChI=1S/C19H30N6/c1-20-14-15(17(14)23(2)3)21-12-8-10-13(11-9-12)22-16-18(24(4)5)19(16)25(6)7/h8-11,14,17-20H,1-7H3. The Morgan fingerprint density at radius 3 is 1.40 bits per heavy atom. The predicted molar refractivity (Wildman–Crippen MR) is 106 cm³/mol. The van der Waals surface area contributed by atoms with E-state index in [2.05, 4.69) is 86.6 Å². The number of benzene rings is 1. The molecule has 6 heteroatoms. The van der Waals surface area contributed by atoms with E-state index in [0.29, 0.717) is 24.2 Å². The fourth-order valence-corrected chi connectivity index (χ4v) is 3.59. The average molecular weight is 342 g/mol. The van der Waals surface area contributed by atoms with Gasteiger partial charge in [-0.15, -0.1) is 0 Å². The van der Waals surface area contributed by atoms with Crippen molar-refractivity contribution in [2.75, 3.05) is 49.3 Å². The summed E-state index contributed by atoms with van der Waals surface area (Å²) >= 11 is 0. The Kier molecular flexibility index (Phi) is 5.06. The molecule has 4 atom stereocenters. The van der Waals surface area contributed by atoms with E-state index in [1.54, 1.807) is 0 Å². The second kappa shape index (κ2) is 6.96. The van der Waals surface area contributed by atoms with Gasteiger partial charge in [0.15, 0.2) is 0 Å². The summed E-state index contributed by atoms with van der Waals surface area (Å²) in [5.41, 5.74) is 4.43. The van der Waals surface area contributed by atoms with Crippen molar-refractivity contribution < 1.29 is 0 Å². The first-order valence-corrected chi connectivity index (χ1v) is 8.78. The summed E-state index contributed by atoms with van der Waals surface area (Å²) in [5, 5.41) is 3.31. The van der Waals surface area contributed by atoms with E-state index in [0.717, 1.165) is 11.4 Å². The van der Waals surface area contributed by atoms with E-state index < -0.39 is 0 Å². The third kappa shape index (κ3) is 3.67. The van der Waals surface area contributed by atoms with Crippen LogP contribution in [0.5, 0.6) is 0 Å². The van der Waals surface area contributed by atoms with Crippen molar-refractivity contribution in [1.29, 1.82) is 0 Å². The number of aliphatic imine (C=N–C) groups is 2. The molecule has 2 aliphatic carbocycles. The molecule has 136 valence electrons. The molecule has 2 aliphatic rings. The molecular weight excluding hydrogens is 312 g/mol. The fraction of sp³-hybridized carbons (Fsp3) is 0.579.